The van der Waals surface area contributed by atoms with Gasteiger partial charge in [0.2, 0.25) is 16.9 Å². The van der Waals surface area contributed by atoms with Gasteiger partial charge in [-0.05, 0) is 25.0 Å². The van der Waals surface area contributed by atoms with Gasteiger partial charge in [-0.3, -0.25) is 19.1 Å². The van der Waals surface area contributed by atoms with Crippen molar-refractivity contribution in [3.63, 3.8) is 0 Å². The van der Waals surface area contributed by atoms with Gasteiger partial charge in [0.1, 0.15) is 0 Å². The number of benzene rings is 1. The lowest BCUT2D eigenvalue weighted by atomic mass is 10.1. The van der Waals surface area contributed by atoms with E-state index in [-0.39, 0.29) is 36.3 Å². The van der Waals surface area contributed by atoms with E-state index in [1.54, 1.807) is 39.8 Å². The Hall–Kier alpha value is -3.25. The van der Waals surface area contributed by atoms with Crippen molar-refractivity contribution in [2.24, 2.45) is 7.05 Å². The van der Waals surface area contributed by atoms with Crippen molar-refractivity contribution >= 4 is 51.6 Å². The summed E-state index contributed by atoms with van der Waals surface area (Å²) in [6.07, 6.45) is -0.0865. The number of amides is 3. The van der Waals surface area contributed by atoms with Crippen molar-refractivity contribution in [2.75, 3.05) is 24.7 Å². The van der Waals surface area contributed by atoms with Crippen molar-refractivity contribution in [3.05, 3.63) is 46.8 Å². The van der Waals surface area contributed by atoms with E-state index in [0.29, 0.717) is 16.5 Å². The van der Waals surface area contributed by atoms with Gasteiger partial charge in [-0.15, -0.1) is 10.2 Å². The van der Waals surface area contributed by atoms with E-state index >= 15 is 0 Å². The number of carbonyl (C=O) groups is 3. The van der Waals surface area contributed by atoms with Crippen LogP contribution in [0.25, 0.3) is 0 Å². The van der Waals surface area contributed by atoms with Gasteiger partial charge >= 0.3 is 0 Å². The highest BCUT2D eigenvalue weighted by Gasteiger charge is 2.23. The van der Waals surface area contributed by atoms with E-state index in [1.807, 2.05) is 12.1 Å². The number of hydrogen-bond acceptors (Lipinski definition) is 8. The number of rotatable bonds is 9. The van der Waals surface area contributed by atoms with Crippen molar-refractivity contribution in [1.82, 2.24) is 24.9 Å². The van der Waals surface area contributed by atoms with Crippen LogP contribution >= 0.6 is 23.1 Å². The summed E-state index contributed by atoms with van der Waals surface area (Å²) in [5.74, 6) is -0.272. The van der Waals surface area contributed by atoms with Crippen LogP contribution in [-0.4, -0.2) is 56.7 Å². The Balaban J connectivity index is 1.50. The number of hydrogen-bond donors (Lipinski definition) is 2. The molecule has 180 valence electrons. The number of nitrogens with one attached hydrogen (secondary N) is 2. The highest BCUT2D eigenvalue weighted by molar-refractivity contribution is 8.00. The second-order valence-corrected chi connectivity index (χ2v) is 10.0. The van der Waals surface area contributed by atoms with E-state index in [4.69, 9.17) is 0 Å². The Morgan fingerprint density at radius 1 is 1.06 bits per heavy atom. The summed E-state index contributed by atoms with van der Waals surface area (Å²) in [5, 5.41) is 18.1. The van der Waals surface area contributed by atoms with Crippen molar-refractivity contribution < 1.29 is 14.4 Å². The Kier molecular flexibility index (Phi) is 8.40. The van der Waals surface area contributed by atoms with E-state index in [0.717, 1.165) is 10.1 Å². The molecule has 3 rings (SSSR count). The van der Waals surface area contributed by atoms with Crippen LogP contribution in [-0.2, 0) is 22.4 Å². The SMILES string of the molecule is Cc1ccccc1CSc1nnc(NC(=O)CCC(=O)Nc2c(C(=O)N(C)C)nn(C)c2C)s1. The third-order valence-electron chi connectivity index (χ3n) is 5.05. The monoisotopic (exact) mass is 501 g/mol. The topological polar surface area (TPSA) is 122 Å². The zero-order chi connectivity index (χ0) is 24.8. The molecule has 0 saturated heterocycles. The predicted octanol–water partition coefficient (Wildman–Crippen LogP) is 3.24. The maximum Gasteiger partial charge on any atom is 0.276 e. The number of aromatic nitrogens is 4. The van der Waals surface area contributed by atoms with Gasteiger partial charge in [0.05, 0.1) is 11.4 Å². The van der Waals surface area contributed by atoms with E-state index < -0.39 is 0 Å². The minimum atomic E-state index is -0.384. The number of carbonyl (C=O) groups excluding carboxylic acids is 3. The van der Waals surface area contributed by atoms with Gasteiger partial charge in [-0.2, -0.15) is 5.10 Å². The van der Waals surface area contributed by atoms with Crippen LogP contribution in [0, 0.1) is 13.8 Å². The molecule has 0 unspecified atom stereocenters. The molecular weight excluding hydrogens is 474 g/mol. The van der Waals surface area contributed by atoms with Gasteiger partial charge < -0.3 is 15.5 Å². The molecule has 12 heteroatoms. The Morgan fingerprint density at radius 2 is 1.74 bits per heavy atom. The van der Waals surface area contributed by atoms with E-state index in [2.05, 4.69) is 45.0 Å². The molecule has 0 atom stereocenters. The Labute approximate surface area is 206 Å². The number of nitrogens with zero attached hydrogens (tertiary/aromatic N) is 5. The highest BCUT2D eigenvalue weighted by atomic mass is 32.2. The zero-order valence-corrected chi connectivity index (χ0v) is 21.3. The standard InChI is InChI=1S/C22H27N7O3S2/c1-13-8-6-7-9-15(13)12-33-22-26-25-21(34-22)24-17(31)11-10-16(30)23-18-14(2)29(5)27-19(18)20(32)28(3)4/h6-9H,10-12H2,1-5H3,(H,23,30)(H,24,25,31). The smallest absolute Gasteiger partial charge is 0.276 e. The van der Waals surface area contributed by atoms with Crippen LogP contribution in [0.15, 0.2) is 28.6 Å². The Morgan fingerprint density at radius 3 is 2.41 bits per heavy atom. The highest BCUT2D eigenvalue weighted by Crippen LogP contribution is 2.29. The van der Waals surface area contributed by atoms with Crippen LogP contribution < -0.4 is 10.6 Å². The van der Waals surface area contributed by atoms with Crippen molar-refractivity contribution in [1.29, 1.82) is 0 Å². The fraction of sp³-hybridized carbons (Fsp3) is 0.364. The predicted molar refractivity (Wildman–Crippen MR) is 133 cm³/mol. The largest absolute Gasteiger partial charge is 0.343 e. The molecule has 2 N–H and O–H groups in total. The summed E-state index contributed by atoms with van der Waals surface area (Å²) >= 11 is 2.85. The minimum Gasteiger partial charge on any atom is -0.343 e. The van der Waals surface area contributed by atoms with Gasteiger partial charge in [-0.25, -0.2) is 0 Å². The minimum absolute atomic E-state index is 0.0344. The molecular formula is C22H27N7O3S2. The molecule has 0 saturated carbocycles. The average molecular weight is 502 g/mol. The van der Waals surface area contributed by atoms with Gasteiger partial charge in [0, 0.05) is 39.7 Å². The zero-order valence-electron chi connectivity index (χ0n) is 19.7. The first-order valence-electron chi connectivity index (χ1n) is 10.5. The number of anilines is 2. The van der Waals surface area contributed by atoms with Gasteiger partial charge in [-0.1, -0.05) is 47.4 Å². The van der Waals surface area contributed by atoms with Crippen LogP contribution in [0.2, 0.25) is 0 Å². The first kappa shape index (κ1) is 25.4. The lowest BCUT2D eigenvalue weighted by Gasteiger charge is -2.10. The summed E-state index contributed by atoms with van der Waals surface area (Å²) in [4.78, 5) is 38.5. The third-order valence-corrected chi connectivity index (χ3v) is 7.07. The summed E-state index contributed by atoms with van der Waals surface area (Å²) < 4.78 is 2.28. The Bertz CT molecular complexity index is 1200. The average Bonchev–Trinajstić information content (AvgIpc) is 3.35. The number of aryl methyl sites for hydroxylation is 2. The summed E-state index contributed by atoms with van der Waals surface area (Å²) in [6.45, 7) is 3.82. The molecule has 0 fully saturated rings. The normalized spacial score (nSPS) is 10.7. The number of thioether (sulfide) groups is 1. The van der Waals surface area contributed by atoms with E-state index in [1.165, 1.54) is 32.0 Å². The molecule has 10 nitrogen and oxygen atoms in total. The van der Waals surface area contributed by atoms with Gasteiger partial charge in [0.25, 0.3) is 5.91 Å². The molecule has 0 radical (unpaired) electrons. The van der Waals surface area contributed by atoms with E-state index in [9.17, 15) is 14.4 Å². The molecule has 34 heavy (non-hydrogen) atoms. The third kappa shape index (κ3) is 6.41. The molecule has 0 aliphatic rings. The van der Waals surface area contributed by atoms with Crippen LogP contribution in [0.4, 0.5) is 10.8 Å². The lowest BCUT2D eigenvalue weighted by Crippen LogP contribution is -2.24. The quantitative estimate of drug-likeness (QED) is 0.341. The molecule has 2 aromatic heterocycles. The maximum atomic E-state index is 12.4. The molecule has 2 heterocycles. The van der Waals surface area contributed by atoms with Crippen molar-refractivity contribution in [3.8, 4) is 0 Å². The molecule has 3 aromatic rings. The first-order chi connectivity index (χ1) is 16.2. The molecule has 0 spiro atoms. The molecule has 1 aromatic carbocycles. The van der Waals surface area contributed by atoms with Crippen LogP contribution in [0.5, 0.6) is 0 Å². The molecule has 0 aliphatic carbocycles. The van der Waals surface area contributed by atoms with Crippen LogP contribution in [0.1, 0.15) is 40.2 Å². The van der Waals surface area contributed by atoms with Gasteiger partial charge in [0.15, 0.2) is 10.0 Å². The first-order valence-corrected chi connectivity index (χ1v) is 12.3. The maximum absolute atomic E-state index is 12.4. The fourth-order valence-corrected chi connectivity index (χ4v) is 4.80. The molecule has 0 bridgehead atoms. The summed E-state index contributed by atoms with van der Waals surface area (Å²) in [5.41, 5.74) is 3.59. The summed E-state index contributed by atoms with van der Waals surface area (Å²) in [7, 11) is 4.92. The van der Waals surface area contributed by atoms with Crippen molar-refractivity contribution in [2.45, 2.75) is 36.8 Å². The second kappa shape index (κ2) is 11.3. The van der Waals surface area contributed by atoms with Crippen LogP contribution in [0.3, 0.4) is 0 Å². The molecule has 3 amide bonds. The lowest BCUT2D eigenvalue weighted by molar-refractivity contribution is -0.121. The summed E-state index contributed by atoms with van der Waals surface area (Å²) in [6, 6.07) is 8.14. The molecule has 0 aliphatic heterocycles. The fourth-order valence-electron chi connectivity index (χ4n) is 2.96. The second-order valence-electron chi connectivity index (χ2n) is 7.82.